The van der Waals surface area contributed by atoms with Crippen molar-refractivity contribution >= 4 is 28.6 Å². The van der Waals surface area contributed by atoms with Crippen LogP contribution in [0.1, 0.15) is 44.1 Å². The molecule has 0 fully saturated rings. The zero-order valence-electron chi connectivity index (χ0n) is 17.6. The Labute approximate surface area is 174 Å². The van der Waals surface area contributed by atoms with Gasteiger partial charge in [0.2, 0.25) is 0 Å². The van der Waals surface area contributed by atoms with E-state index in [2.05, 4.69) is 20.4 Å². The van der Waals surface area contributed by atoms with Gasteiger partial charge in [-0.15, -0.1) is 0 Å². The number of aromatic nitrogens is 4. The van der Waals surface area contributed by atoms with Gasteiger partial charge in [0.25, 0.3) is 5.91 Å². The average Bonchev–Trinajstić information content (AvgIpc) is 3.35. The Morgan fingerprint density at radius 1 is 1.23 bits per heavy atom. The number of esters is 1. The fourth-order valence-electron chi connectivity index (χ4n) is 3.16. The predicted molar refractivity (Wildman–Crippen MR) is 112 cm³/mol. The number of nitrogens with one attached hydrogen (secondary N) is 1. The van der Waals surface area contributed by atoms with Gasteiger partial charge in [0.1, 0.15) is 6.04 Å². The Kier molecular flexibility index (Phi) is 5.87. The maximum absolute atomic E-state index is 12.6. The van der Waals surface area contributed by atoms with Crippen LogP contribution in [-0.4, -0.2) is 44.6 Å². The van der Waals surface area contributed by atoms with Gasteiger partial charge < -0.3 is 14.9 Å². The quantitative estimate of drug-likeness (QED) is 0.499. The smallest absolute Gasteiger partial charge is 0.328 e. The van der Waals surface area contributed by atoms with Crippen LogP contribution in [0.2, 0.25) is 0 Å². The third-order valence-corrected chi connectivity index (χ3v) is 4.78. The minimum atomic E-state index is -0.745. The summed E-state index contributed by atoms with van der Waals surface area (Å²) in [6, 6.07) is 4.95. The van der Waals surface area contributed by atoms with Crippen molar-refractivity contribution in [3.8, 4) is 5.69 Å². The molecule has 1 aromatic carbocycles. The van der Waals surface area contributed by atoms with Crippen LogP contribution in [0.3, 0.4) is 0 Å². The molecule has 9 nitrogen and oxygen atoms in total. The number of fused-ring (bicyclic) bond motifs is 1. The van der Waals surface area contributed by atoms with Crippen molar-refractivity contribution in [2.45, 2.75) is 39.8 Å². The minimum absolute atomic E-state index is 0.122. The first-order chi connectivity index (χ1) is 14.3. The molecule has 2 heterocycles. The van der Waals surface area contributed by atoms with Gasteiger partial charge in [-0.2, -0.15) is 9.78 Å². The molecule has 1 N–H and O–H groups in total. The standard InChI is InChI=1S/C21H24N6O3/c1-12(2)18(21(29)30-6)24-20(28)14-10-23-26(11-14)15-7-8-17-16(9-15)19(22-5)25-27(17)13(3)4/h7-13,18H,1-4,6H3,(H,24,28)/t18-/m0/s1. The third kappa shape index (κ3) is 3.89. The van der Waals surface area contributed by atoms with Crippen molar-refractivity contribution in [1.82, 2.24) is 24.9 Å². The number of hydrogen-bond donors (Lipinski definition) is 1. The summed E-state index contributed by atoms with van der Waals surface area (Å²) >= 11 is 0. The largest absolute Gasteiger partial charge is 0.467 e. The van der Waals surface area contributed by atoms with E-state index >= 15 is 0 Å². The van der Waals surface area contributed by atoms with Gasteiger partial charge in [0.05, 0.1) is 36.1 Å². The number of methoxy groups -OCH3 is 1. The Morgan fingerprint density at radius 3 is 2.57 bits per heavy atom. The normalized spacial score (nSPS) is 12.2. The Morgan fingerprint density at radius 2 is 1.97 bits per heavy atom. The number of hydrogen-bond acceptors (Lipinski definition) is 5. The molecule has 1 amide bonds. The monoisotopic (exact) mass is 408 g/mol. The van der Waals surface area contributed by atoms with E-state index in [-0.39, 0.29) is 12.0 Å². The lowest BCUT2D eigenvalue weighted by molar-refractivity contribution is -0.144. The van der Waals surface area contributed by atoms with Crippen LogP contribution < -0.4 is 5.32 Å². The number of rotatable bonds is 6. The van der Waals surface area contributed by atoms with Crippen molar-refractivity contribution in [3.05, 3.63) is 47.6 Å². The number of carbonyl (C=O) groups is 2. The Bertz CT molecular complexity index is 1140. The van der Waals surface area contributed by atoms with Gasteiger partial charge in [-0.25, -0.2) is 9.48 Å². The van der Waals surface area contributed by atoms with Crippen LogP contribution in [0.4, 0.5) is 5.82 Å². The maximum Gasteiger partial charge on any atom is 0.328 e. The van der Waals surface area contributed by atoms with E-state index < -0.39 is 17.9 Å². The first kappa shape index (κ1) is 21.0. The zero-order valence-corrected chi connectivity index (χ0v) is 17.6. The Hall–Kier alpha value is -3.67. The second-order valence-electron chi connectivity index (χ2n) is 7.57. The highest BCUT2D eigenvalue weighted by Crippen LogP contribution is 2.29. The van der Waals surface area contributed by atoms with Crippen LogP contribution in [0, 0.1) is 12.5 Å². The van der Waals surface area contributed by atoms with E-state index in [1.54, 1.807) is 10.9 Å². The van der Waals surface area contributed by atoms with Crippen LogP contribution >= 0.6 is 0 Å². The molecule has 0 spiro atoms. The highest BCUT2D eigenvalue weighted by Gasteiger charge is 2.26. The van der Waals surface area contributed by atoms with Gasteiger partial charge in [-0.05, 0) is 43.1 Å². The predicted octanol–water partition coefficient (Wildman–Crippen LogP) is 3.28. The minimum Gasteiger partial charge on any atom is -0.467 e. The van der Waals surface area contributed by atoms with E-state index in [9.17, 15) is 9.59 Å². The summed E-state index contributed by atoms with van der Waals surface area (Å²) in [5.74, 6) is -0.710. The lowest BCUT2D eigenvalue weighted by Crippen LogP contribution is -2.44. The van der Waals surface area contributed by atoms with E-state index in [0.29, 0.717) is 17.1 Å². The van der Waals surface area contributed by atoms with Gasteiger partial charge in [-0.1, -0.05) is 20.4 Å². The summed E-state index contributed by atoms with van der Waals surface area (Å²) in [5, 5.41) is 12.1. The second kappa shape index (κ2) is 8.37. The number of ether oxygens (including phenoxy) is 1. The molecule has 0 saturated heterocycles. The highest BCUT2D eigenvalue weighted by molar-refractivity contribution is 5.96. The fourth-order valence-corrected chi connectivity index (χ4v) is 3.16. The summed E-state index contributed by atoms with van der Waals surface area (Å²) in [6.45, 7) is 15.1. The molecule has 0 bridgehead atoms. The van der Waals surface area contributed by atoms with Crippen LogP contribution in [0.25, 0.3) is 21.4 Å². The molecule has 9 heteroatoms. The van der Waals surface area contributed by atoms with Gasteiger partial charge in [0, 0.05) is 11.6 Å². The van der Waals surface area contributed by atoms with Gasteiger partial charge in [0.15, 0.2) is 0 Å². The lowest BCUT2D eigenvalue weighted by Gasteiger charge is -2.19. The van der Waals surface area contributed by atoms with Crippen LogP contribution in [0.5, 0.6) is 0 Å². The van der Waals surface area contributed by atoms with Crippen LogP contribution in [-0.2, 0) is 9.53 Å². The summed E-state index contributed by atoms with van der Waals surface area (Å²) in [5.41, 5.74) is 1.87. The lowest BCUT2D eigenvalue weighted by atomic mass is 10.0. The summed E-state index contributed by atoms with van der Waals surface area (Å²) in [7, 11) is 1.29. The zero-order chi connectivity index (χ0) is 22.0. The molecule has 0 aliphatic heterocycles. The molecule has 1 atom stereocenters. The average molecular weight is 408 g/mol. The SMILES string of the molecule is [C-]#[N+]c1nn(C(C)C)c2ccc(-n3cc(C(=O)N[C@H](C(=O)OC)C(C)C)cn3)cc12. The second-order valence-corrected chi connectivity index (χ2v) is 7.57. The molecule has 156 valence electrons. The molecule has 30 heavy (non-hydrogen) atoms. The van der Waals surface area contributed by atoms with E-state index in [0.717, 1.165) is 10.9 Å². The summed E-state index contributed by atoms with van der Waals surface area (Å²) in [6.07, 6.45) is 3.01. The van der Waals surface area contributed by atoms with Crippen molar-refractivity contribution in [2.75, 3.05) is 7.11 Å². The number of amides is 1. The van der Waals surface area contributed by atoms with Crippen molar-refractivity contribution in [3.63, 3.8) is 0 Å². The number of nitrogens with zero attached hydrogens (tertiary/aromatic N) is 5. The molecule has 0 aliphatic carbocycles. The van der Waals surface area contributed by atoms with Gasteiger partial charge in [-0.3, -0.25) is 4.79 Å². The molecule has 2 aromatic heterocycles. The van der Waals surface area contributed by atoms with E-state index in [1.165, 1.54) is 13.3 Å². The van der Waals surface area contributed by atoms with Crippen molar-refractivity contribution in [1.29, 1.82) is 0 Å². The third-order valence-electron chi connectivity index (χ3n) is 4.78. The molecule has 0 aliphatic rings. The van der Waals surface area contributed by atoms with E-state index in [1.807, 2.05) is 50.6 Å². The highest BCUT2D eigenvalue weighted by atomic mass is 16.5. The molecule has 3 aromatic rings. The Balaban J connectivity index is 1.90. The van der Waals surface area contributed by atoms with Crippen LogP contribution in [0.15, 0.2) is 30.6 Å². The molecular formula is C21H24N6O3. The molecule has 3 rings (SSSR count). The molecule has 0 saturated carbocycles. The topological polar surface area (TPSA) is 95.4 Å². The number of benzene rings is 1. The summed E-state index contributed by atoms with van der Waals surface area (Å²) in [4.78, 5) is 28.0. The summed E-state index contributed by atoms with van der Waals surface area (Å²) < 4.78 is 8.13. The van der Waals surface area contributed by atoms with Crippen molar-refractivity contribution in [2.24, 2.45) is 5.92 Å². The molecule has 0 unspecified atom stereocenters. The fraction of sp³-hybridized carbons (Fsp3) is 0.381. The van der Waals surface area contributed by atoms with Crippen molar-refractivity contribution < 1.29 is 14.3 Å². The number of carbonyl (C=O) groups excluding carboxylic acids is 2. The first-order valence-electron chi connectivity index (χ1n) is 9.60. The molecule has 0 radical (unpaired) electrons. The maximum atomic E-state index is 12.6. The van der Waals surface area contributed by atoms with E-state index in [4.69, 9.17) is 11.3 Å². The molecular weight excluding hydrogens is 384 g/mol. The first-order valence-corrected chi connectivity index (χ1v) is 9.60. The van der Waals surface area contributed by atoms with Gasteiger partial charge >= 0.3 is 11.8 Å².